The lowest BCUT2D eigenvalue weighted by Gasteiger charge is -2.28. The van der Waals surface area contributed by atoms with E-state index in [-0.39, 0.29) is 11.9 Å². The summed E-state index contributed by atoms with van der Waals surface area (Å²) in [6.07, 6.45) is 2.00. The minimum Gasteiger partial charge on any atom is -0.400 e. The Balaban J connectivity index is 0.000000437. The van der Waals surface area contributed by atoms with Gasteiger partial charge in [-0.2, -0.15) is 0 Å². The van der Waals surface area contributed by atoms with Crippen molar-refractivity contribution in [2.24, 2.45) is 5.41 Å². The van der Waals surface area contributed by atoms with Crippen LogP contribution in [-0.4, -0.2) is 37.8 Å². The molecule has 1 heterocycles. The van der Waals surface area contributed by atoms with Crippen molar-refractivity contribution in [3.63, 3.8) is 0 Å². The molecular formula is C27H40F2N2O3. The summed E-state index contributed by atoms with van der Waals surface area (Å²) in [6, 6.07) is 10.4. The lowest BCUT2D eigenvalue weighted by atomic mass is 9.86. The summed E-state index contributed by atoms with van der Waals surface area (Å²) >= 11 is 0. The van der Waals surface area contributed by atoms with Crippen LogP contribution in [0.1, 0.15) is 62.4 Å². The molecule has 2 aromatic carbocycles. The van der Waals surface area contributed by atoms with Crippen LogP contribution in [0.3, 0.4) is 0 Å². The van der Waals surface area contributed by atoms with E-state index in [2.05, 4.69) is 49.6 Å². The van der Waals surface area contributed by atoms with Crippen LogP contribution >= 0.6 is 0 Å². The number of hydrogen-bond acceptors (Lipinski definition) is 4. The van der Waals surface area contributed by atoms with Gasteiger partial charge >= 0.3 is 0 Å². The van der Waals surface area contributed by atoms with Crippen LogP contribution in [0.2, 0.25) is 0 Å². The topological polar surface area (TPSA) is 70.6 Å². The summed E-state index contributed by atoms with van der Waals surface area (Å²) in [4.78, 5) is 10.9. The molecule has 1 atom stereocenters. The molecule has 0 spiro atoms. The van der Waals surface area contributed by atoms with Crippen molar-refractivity contribution in [2.45, 2.75) is 60.1 Å². The molecule has 0 saturated heterocycles. The molecule has 3 N–H and O–H groups in total. The first-order valence-electron chi connectivity index (χ1n) is 11.6. The molecule has 0 saturated carbocycles. The number of halogens is 2. The predicted octanol–water partition coefficient (Wildman–Crippen LogP) is 4.84. The third kappa shape index (κ3) is 11.7. The van der Waals surface area contributed by atoms with Gasteiger partial charge in [-0.25, -0.2) is 8.78 Å². The number of nitrogens with one attached hydrogen (secondary N) is 2. The minimum atomic E-state index is -0.521. The normalized spacial score (nSPS) is 14.7. The van der Waals surface area contributed by atoms with Crippen molar-refractivity contribution in [3.8, 4) is 0 Å². The van der Waals surface area contributed by atoms with E-state index in [1.807, 2.05) is 0 Å². The summed E-state index contributed by atoms with van der Waals surface area (Å²) in [5.74, 6) is -1.01. The summed E-state index contributed by atoms with van der Waals surface area (Å²) in [6.45, 7) is 13.0. The van der Waals surface area contributed by atoms with Gasteiger partial charge in [0.05, 0.1) is 19.3 Å². The Morgan fingerprint density at radius 3 is 2.29 bits per heavy atom. The van der Waals surface area contributed by atoms with Gasteiger partial charge < -0.3 is 20.5 Å². The van der Waals surface area contributed by atoms with Crippen molar-refractivity contribution in [3.05, 3.63) is 70.3 Å². The Bertz CT molecular complexity index is 847. The van der Waals surface area contributed by atoms with Crippen LogP contribution in [-0.2, 0) is 22.6 Å². The maximum atomic E-state index is 12.2. The number of carbonyl (C=O) groups is 1. The van der Waals surface area contributed by atoms with Crippen LogP contribution in [0.25, 0.3) is 0 Å². The van der Waals surface area contributed by atoms with Crippen molar-refractivity contribution in [1.29, 1.82) is 0 Å². The molecule has 1 amide bonds. The molecular weight excluding hydrogens is 438 g/mol. The van der Waals surface area contributed by atoms with Crippen molar-refractivity contribution in [1.82, 2.24) is 10.6 Å². The van der Waals surface area contributed by atoms with Crippen molar-refractivity contribution in [2.75, 3.05) is 26.8 Å². The monoisotopic (exact) mass is 478 g/mol. The smallest absolute Gasteiger partial charge is 0.216 e. The quantitative estimate of drug-likeness (QED) is 0.520. The molecule has 1 aliphatic rings. The van der Waals surface area contributed by atoms with Gasteiger partial charge in [0.15, 0.2) is 0 Å². The first-order valence-corrected chi connectivity index (χ1v) is 11.6. The largest absolute Gasteiger partial charge is 0.400 e. The lowest BCUT2D eigenvalue weighted by molar-refractivity contribution is -0.118. The molecule has 34 heavy (non-hydrogen) atoms. The molecule has 3 rings (SSSR count). The highest BCUT2D eigenvalue weighted by molar-refractivity contribution is 5.72. The SMILES string of the molecule is CC(=O)NCCCNC1COCc2ccc(CC(C)(C)C)cc21.CO.Cc1cc(F)cc(F)c1. The summed E-state index contributed by atoms with van der Waals surface area (Å²) in [5.41, 5.74) is 4.95. The molecule has 190 valence electrons. The van der Waals surface area contributed by atoms with Gasteiger partial charge in [0.25, 0.3) is 0 Å². The molecule has 0 aliphatic carbocycles. The molecule has 0 fully saturated rings. The summed E-state index contributed by atoms with van der Waals surface area (Å²) in [7, 11) is 1.00. The first kappa shape index (κ1) is 29.7. The Kier molecular flexibility index (Phi) is 12.9. The summed E-state index contributed by atoms with van der Waals surface area (Å²) < 4.78 is 30.1. The number of carbonyl (C=O) groups excluding carboxylic acids is 1. The number of benzene rings is 2. The second kappa shape index (κ2) is 14.8. The van der Waals surface area contributed by atoms with E-state index in [1.54, 1.807) is 13.8 Å². The number of aliphatic hydroxyl groups excluding tert-OH is 1. The third-order valence-electron chi connectivity index (χ3n) is 4.99. The fourth-order valence-electron chi connectivity index (χ4n) is 3.69. The fraction of sp³-hybridized carbons (Fsp3) is 0.519. The lowest BCUT2D eigenvalue weighted by Crippen LogP contribution is -2.32. The number of rotatable bonds is 6. The number of hydrogen-bond donors (Lipinski definition) is 3. The van der Waals surface area contributed by atoms with E-state index in [0.717, 1.165) is 32.6 Å². The minimum absolute atomic E-state index is 0.0307. The van der Waals surface area contributed by atoms with E-state index in [9.17, 15) is 13.6 Å². The van der Waals surface area contributed by atoms with Crippen LogP contribution in [0.4, 0.5) is 8.78 Å². The van der Waals surface area contributed by atoms with Gasteiger partial charge in [0.2, 0.25) is 5.91 Å². The second-order valence-corrected chi connectivity index (χ2v) is 9.58. The molecule has 1 aliphatic heterocycles. The molecule has 0 aromatic heterocycles. The third-order valence-corrected chi connectivity index (χ3v) is 4.99. The van der Waals surface area contributed by atoms with Gasteiger partial charge in [0, 0.05) is 26.6 Å². The number of aryl methyl sites for hydroxylation is 1. The van der Waals surface area contributed by atoms with E-state index < -0.39 is 11.6 Å². The Hall–Kier alpha value is -2.35. The maximum Gasteiger partial charge on any atom is 0.216 e. The van der Waals surface area contributed by atoms with E-state index in [1.165, 1.54) is 28.8 Å². The summed E-state index contributed by atoms with van der Waals surface area (Å²) in [5, 5.41) is 13.4. The van der Waals surface area contributed by atoms with Crippen LogP contribution in [0.5, 0.6) is 0 Å². The second-order valence-electron chi connectivity index (χ2n) is 9.58. The maximum absolute atomic E-state index is 12.2. The Morgan fingerprint density at radius 1 is 1.09 bits per heavy atom. The zero-order valence-electron chi connectivity index (χ0n) is 21.3. The van der Waals surface area contributed by atoms with Crippen LogP contribution < -0.4 is 10.6 Å². The average molecular weight is 479 g/mol. The molecule has 1 unspecified atom stereocenters. The Labute approximate surface area is 202 Å². The van der Waals surface area contributed by atoms with Crippen molar-refractivity contribution < 1.29 is 23.4 Å². The first-order chi connectivity index (χ1) is 16.0. The van der Waals surface area contributed by atoms with E-state index >= 15 is 0 Å². The van der Waals surface area contributed by atoms with E-state index in [0.29, 0.717) is 30.7 Å². The Morgan fingerprint density at radius 2 is 1.74 bits per heavy atom. The number of aliphatic hydroxyl groups is 1. The van der Waals surface area contributed by atoms with Gasteiger partial charge in [-0.15, -0.1) is 0 Å². The van der Waals surface area contributed by atoms with Gasteiger partial charge in [-0.1, -0.05) is 39.0 Å². The highest BCUT2D eigenvalue weighted by Gasteiger charge is 2.21. The van der Waals surface area contributed by atoms with Crippen molar-refractivity contribution >= 4 is 5.91 Å². The standard InChI is InChI=1S/C19H30N2O2.C7H6F2.CH4O/c1-14(22)20-8-5-9-21-18-13-23-12-16-7-6-15(10-17(16)18)11-19(2,3)4;1-5-2-6(8)4-7(9)3-5;1-2/h6-7,10,18,21H,5,8-9,11-13H2,1-4H3,(H,20,22);2-4H,1H3;2H,1H3. The number of ether oxygens (including phenoxy) is 1. The molecule has 7 heteroatoms. The van der Waals surface area contributed by atoms with Crippen LogP contribution in [0.15, 0.2) is 36.4 Å². The molecule has 0 bridgehead atoms. The number of fused-ring (bicyclic) bond motifs is 1. The molecule has 2 aromatic rings. The highest BCUT2D eigenvalue weighted by Crippen LogP contribution is 2.28. The zero-order chi connectivity index (χ0) is 25.7. The molecule has 5 nitrogen and oxygen atoms in total. The highest BCUT2D eigenvalue weighted by atomic mass is 19.1. The van der Waals surface area contributed by atoms with Gasteiger partial charge in [0.1, 0.15) is 11.6 Å². The molecule has 0 radical (unpaired) electrons. The van der Waals surface area contributed by atoms with Crippen LogP contribution in [0, 0.1) is 24.0 Å². The average Bonchev–Trinajstić information content (AvgIpc) is 2.73. The van der Waals surface area contributed by atoms with E-state index in [4.69, 9.17) is 9.84 Å². The van der Waals surface area contributed by atoms with Gasteiger partial charge in [-0.3, -0.25) is 4.79 Å². The number of amides is 1. The zero-order valence-corrected chi connectivity index (χ0v) is 21.3. The van der Waals surface area contributed by atoms with Gasteiger partial charge in [-0.05, 0) is 66.1 Å². The predicted molar refractivity (Wildman–Crippen MR) is 133 cm³/mol. The fourth-order valence-corrected chi connectivity index (χ4v) is 3.69.